The summed E-state index contributed by atoms with van der Waals surface area (Å²) in [4.78, 5) is 0. The summed E-state index contributed by atoms with van der Waals surface area (Å²) in [6, 6.07) is 6.00. The lowest BCUT2D eigenvalue weighted by Gasteiger charge is -1.90. The average Bonchev–Trinajstić information content (AvgIpc) is 2.32. The molecular formula is C8H9N3. The maximum atomic E-state index is 5.61. The van der Waals surface area contributed by atoms with E-state index in [9.17, 15) is 0 Å². The first-order valence-electron chi connectivity index (χ1n) is 3.47. The largest absolute Gasteiger partial charge is 0.384 e. The fourth-order valence-electron chi connectivity index (χ4n) is 1.14. The summed E-state index contributed by atoms with van der Waals surface area (Å²) in [5.41, 5.74) is 7.74. The van der Waals surface area contributed by atoms with Crippen molar-refractivity contribution in [2.24, 2.45) is 0 Å². The molecule has 1 aromatic carbocycles. The van der Waals surface area contributed by atoms with Crippen LogP contribution in [0.1, 0.15) is 5.56 Å². The molecule has 11 heavy (non-hydrogen) atoms. The number of fused-ring (bicyclic) bond motifs is 1. The number of hydrogen-bond acceptors (Lipinski definition) is 2. The fourth-order valence-corrected chi connectivity index (χ4v) is 1.14. The van der Waals surface area contributed by atoms with Gasteiger partial charge in [-0.1, -0.05) is 6.07 Å². The van der Waals surface area contributed by atoms with Gasteiger partial charge in [0.15, 0.2) is 0 Å². The minimum absolute atomic E-state index is 0.639. The van der Waals surface area contributed by atoms with Crippen molar-refractivity contribution < 1.29 is 0 Å². The van der Waals surface area contributed by atoms with Crippen LogP contribution in [-0.4, -0.2) is 10.2 Å². The van der Waals surface area contributed by atoms with Crippen LogP contribution in [0.2, 0.25) is 0 Å². The molecule has 0 radical (unpaired) electrons. The highest BCUT2D eigenvalue weighted by molar-refractivity contribution is 5.88. The van der Waals surface area contributed by atoms with Crippen molar-refractivity contribution in [2.45, 2.75) is 6.92 Å². The van der Waals surface area contributed by atoms with Gasteiger partial charge in [0.05, 0.1) is 5.52 Å². The molecule has 0 fully saturated rings. The van der Waals surface area contributed by atoms with Gasteiger partial charge in [0.1, 0.15) is 5.82 Å². The second-order valence-corrected chi connectivity index (χ2v) is 2.66. The van der Waals surface area contributed by atoms with E-state index in [1.54, 1.807) is 0 Å². The molecule has 0 spiro atoms. The third-order valence-corrected chi connectivity index (χ3v) is 1.74. The molecule has 0 bridgehead atoms. The topological polar surface area (TPSA) is 54.7 Å². The molecule has 2 rings (SSSR count). The number of benzene rings is 1. The quantitative estimate of drug-likeness (QED) is 0.592. The van der Waals surface area contributed by atoms with Crippen LogP contribution in [-0.2, 0) is 0 Å². The number of aromatic amines is 1. The van der Waals surface area contributed by atoms with Crippen LogP contribution in [0.15, 0.2) is 18.2 Å². The highest BCUT2D eigenvalue weighted by Gasteiger charge is 1.99. The normalized spacial score (nSPS) is 10.6. The van der Waals surface area contributed by atoms with Crippen molar-refractivity contribution in [3.8, 4) is 0 Å². The van der Waals surface area contributed by atoms with Crippen molar-refractivity contribution in [3.63, 3.8) is 0 Å². The van der Waals surface area contributed by atoms with Crippen LogP contribution in [0.4, 0.5) is 5.82 Å². The van der Waals surface area contributed by atoms with Crippen molar-refractivity contribution in [1.29, 1.82) is 0 Å². The van der Waals surface area contributed by atoms with E-state index >= 15 is 0 Å². The zero-order valence-electron chi connectivity index (χ0n) is 6.26. The predicted molar refractivity (Wildman–Crippen MR) is 45.2 cm³/mol. The monoisotopic (exact) mass is 147 g/mol. The number of rotatable bonds is 0. The van der Waals surface area contributed by atoms with Crippen LogP contribution in [0.5, 0.6) is 0 Å². The molecule has 0 atom stereocenters. The molecule has 0 aliphatic heterocycles. The molecule has 2 aromatic rings. The molecule has 0 saturated carbocycles. The van der Waals surface area contributed by atoms with Gasteiger partial charge in [-0.25, -0.2) is 0 Å². The minimum atomic E-state index is 0.639. The van der Waals surface area contributed by atoms with Crippen molar-refractivity contribution in [3.05, 3.63) is 23.8 Å². The summed E-state index contributed by atoms with van der Waals surface area (Å²) < 4.78 is 0. The van der Waals surface area contributed by atoms with Crippen LogP contribution >= 0.6 is 0 Å². The van der Waals surface area contributed by atoms with E-state index in [0.29, 0.717) is 5.82 Å². The van der Waals surface area contributed by atoms with Gasteiger partial charge < -0.3 is 5.73 Å². The van der Waals surface area contributed by atoms with E-state index in [4.69, 9.17) is 5.73 Å². The zero-order valence-corrected chi connectivity index (χ0v) is 6.26. The number of nitrogen functional groups attached to an aromatic ring is 1. The Bertz CT molecular complexity index is 389. The molecule has 0 unspecified atom stereocenters. The van der Waals surface area contributed by atoms with Crippen LogP contribution in [0, 0.1) is 6.92 Å². The molecule has 0 amide bonds. The Hall–Kier alpha value is -1.51. The molecule has 0 aliphatic rings. The highest BCUT2D eigenvalue weighted by Crippen LogP contribution is 2.17. The third-order valence-electron chi connectivity index (χ3n) is 1.74. The molecule has 3 nitrogen and oxygen atoms in total. The maximum Gasteiger partial charge on any atom is 0.126 e. The summed E-state index contributed by atoms with van der Waals surface area (Å²) >= 11 is 0. The standard InChI is InChI=1S/C8H9N3/c1-5-2-3-6-7(4-5)10-11-8(6)9/h2-4H,1H3,(H3,9,10,11). The smallest absolute Gasteiger partial charge is 0.126 e. The summed E-state index contributed by atoms with van der Waals surface area (Å²) in [5, 5.41) is 7.76. The van der Waals surface area contributed by atoms with Crippen molar-refractivity contribution in [1.82, 2.24) is 10.2 Å². The van der Waals surface area contributed by atoms with Crippen LogP contribution in [0.3, 0.4) is 0 Å². The zero-order chi connectivity index (χ0) is 7.84. The third kappa shape index (κ3) is 0.852. The number of aromatic nitrogens is 2. The lowest BCUT2D eigenvalue weighted by molar-refractivity contribution is 1.13. The van der Waals surface area contributed by atoms with E-state index < -0.39 is 0 Å². The van der Waals surface area contributed by atoms with Gasteiger partial charge in [0.25, 0.3) is 0 Å². The summed E-state index contributed by atoms with van der Waals surface area (Å²) in [6.07, 6.45) is 0. The van der Waals surface area contributed by atoms with Gasteiger partial charge in [-0.2, -0.15) is 5.10 Å². The number of nitrogens with zero attached hydrogens (tertiary/aromatic N) is 1. The van der Waals surface area contributed by atoms with Gasteiger partial charge in [-0.15, -0.1) is 0 Å². The van der Waals surface area contributed by atoms with Gasteiger partial charge in [0.2, 0.25) is 0 Å². The first kappa shape index (κ1) is 6.22. The number of hydrogen-bond donors (Lipinski definition) is 2. The van der Waals surface area contributed by atoms with Crippen molar-refractivity contribution in [2.75, 3.05) is 5.73 Å². The Morgan fingerprint density at radius 2 is 2.27 bits per heavy atom. The van der Waals surface area contributed by atoms with Gasteiger partial charge >= 0.3 is 0 Å². The molecule has 3 N–H and O–H groups in total. The second-order valence-electron chi connectivity index (χ2n) is 2.66. The van der Waals surface area contributed by atoms with E-state index in [0.717, 1.165) is 10.9 Å². The first-order valence-corrected chi connectivity index (χ1v) is 3.47. The van der Waals surface area contributed by atoms with E-state index in [2.05, 4.69) is 10.2 Å². The Morgan fingerprint density at radius 3 is 3.09 bits per heavy atom. The molecule has 3 heteroatoms. The Kier molecular flexibility index (Phi) is 1.12. The number of aryl methyl sites for hydroxylation is 1. The molecular weight excluding hydrogens is 138 g/mol. The lowest BCUT2D eigenvalue weighted by Crippen LogP contribution is -1.83. The van der Waals surface area contributed by atoms with Crippen LogP contribution < -0.4 is 5.73 Å². The number of anilines is 1. The Balaban J connectivity index is 2.86. The van der Waals surface area contributed by atoms with Gasteiger partial charge in [-0.3, -0.25) is 5.10 Å². The van der Waals surface area contributed by atoms with E-state index in [1.807, 2.05) is 25.1 Å². The molecule has 1 heterocycles. The lowest BCUT2D eigenvalue weighted by atomic mass is 10.2. The first-order chi connectivity index (χ1) is 5.27. The van der Waals surface area contributed by atoms with Gasteiger partial charge in [0, 0.05) is 5.39 Å². The predicted octanol–water partition coefficient (Wildman–Crippen LogP) is 1.45. The Labute approximate surface area is 64.2 Å². The molecule has 1 aromatic heterocycles. The summed E-state index contributed by atoms with van der Waals surface area (Å²) in [6.45, 7) is 2.03. The van der Waals surface area contributed by atoms with Crippen molar-refractivity contribution >= 4 is 16.7 Å². The summed E-state index contributed by atoms with van der Waals surface area (Å²) in [7, 11) is 0. The van der Waals surface area contributed by atoms with E-state index in [1.165, 1.54) is 5.56 Å². The SMILES string of the molecule is Cc1ccc2c(N)[nH]nc2c1. The number of nitrogens with two attached hydrogens (primary N) is 1. The molecule has 0 saturated heterocycles. The number of H-pyrrole nitrogens is 1. The molecule has 56 valence electrons. The number of nitrogens with one attached hydrogen (secondary N) is 1. The van der Waals surface area contributed by atoms with E-state index in [-0.39, 0.29) is 0 Å². The summed E-state index contributed by atoms with van der Waals surface area (Å²) in [5.74, 6) is 0.639. The van der Waals surface area contributed by atoms with Gasteiger partial charge in [-0.05, 0) is 24.6 Å². The maximum absolute atomic E-state index is 5.61. The van der Waals surface area contributed by atoms with Crippen LogP contribution in [0.25, 0.3) is 10.9 Å². The minimum Gasteiger partial charge on any atom is -0.384 e. The average molecular weight is 147 g/mol. The Morgan fingerprint density at radius 1 is 1.45 bits per heavy atom. The fraction of sp³-hybridized carbons (Fsp3) is 0.125. The highest BCUT2D eigenvalue weighted by atomic mass is 15.1. The molecule has 0 aliphatic carbocycles. The second kappa shape index (κ2) is 1.99.